The topological polar surface area (TPSA) is 26.3 Å². The van der Waals surface area contributed by atoms with Crippen LogP contribution in [0.4, 0.5) is 0 Å². The molecule has 0 saturated carbocycles. The van der Waals surface area contributed by atoms with Crippen molar-refractivity contribution < 1.29 is 8.83 Å². The van der Waals surface area contributed by atoms with E-state index in [0.29, 0.717) is 0 Å². The molecule has 6 aromatic carbocycles. The number of rotatable bonds is 3. The van der Waals surface area contributed by atoms with Gasteiger partial charge in [-0.1, -0.05) is 91.0 Å². The van der Waals surface area contributed by atoms with Crippen molar-refractivity contribution >= 4 is 49.4 Å². The zero-order valence-electron chi connectivity index (χ0n) is 21.1. The first-order valence-corrected chi connectivity index (χ1v) is 13.4. The van der Waals surface area contributed by atoms with Crippen LogP contribution in [-0.2, 0) is 6.42 Å². The lowest BCUT2D eigenvalue weighted by Gasteiger charge is -2.14. The molecule has 0 saturated heterocycles. The summed E-state index contributed by atoms with van der Waals surface area (Å²) in [6.45, 7) is 0. The highest BCUT2D eigenvalue weighted by molar-refractivity contribution is 6.26. The van der Waals surface area contributed by atoms with Gasteiger partial charge in [0.1, 0.15) is 22.9 Å². The first-order chi connectivity index (χ1) is 19.3. The second-order valence-corrected chi connectivity index (χ2v) is 10.5. The third-order valence-electron chi connectivity index (χ3n) is 8.23. The van der Waals surface area contributed by atoms with Crippen molar-refractivity contribution in [1.29, 1.82) is 0 Å². The lowest BCUT2D eigenvalue weighted by atomic mass is 9.89. The molecule has 2 nitrogen and oxygen atoms in total. The molecule has 0 fully saturated rings. The van der Waals surface area contributed by atoms with Gasteiger partial charge in [-0.05, 0) is 68.2 Å². The molecule has 0 N–H and O–H groups in total. The Labute approximate surface area is 224 Å². The lowest BCUT2D eigenvalue weighted by Crippen LogP contribution is -1.88. The maximum absolute atomic E-state index is 6.56. The fourth-order valence-electron chi connectivity index (χ4n) is 6.47. The minimum absolute atomic E-state index is 0.872. The van der Waals surface area contributed by atoms with Crippen LogP contribution in [-0.4, -0.2) is 0 Å². The van der Waals surface area contributed by atoms with Gasteiger partial charge in [0.25, 0.3) is 0 Å². The van der Waals surface area contributed by atoms with E-state index in [-0.39, 0.29) is 0 Å². The average molecular weight is 499 g/mol. The molecule has 0 bridgehead atoms. The summed E-state index contributed by atoms with van der Waals surface area (Å²) in [6.07, 6.45) is 5.18. The second-order valence-electron chi connectivity index (χ2n) is 10.5. The molecule has 39 heavy (non-hydrogen) atoms. The van der Waals surface area contributed by atoms with Crippen molar-refractivity contribution in [3.8, 4) is 33.8 Å². The quantitative estimate of drug-likeness (QED) is 0.226. The van der Waals surface area contributed by atoms with Crippen molar-refractivity contribution in [2.75, 3.05) is 0 Å². The Balaban J connectivity index is 1.30. The molecular formula is C37H22O2. The average Bonchev–Trinajstić information content (AvgIpc) is 3.70. The molecule has 0 unspecified atom stereocenters. The van der Waals surface area contributed by atoms with E-state index in [2.05, 4.69) is 115 Å². The highest BCUT2D eigenvalue weighted by Crippen LogP contribution is 2.45. The summed E-state index contributed by atoms with van der Waals surface area (Å²) in [5.74, 6) is 2.91. The summed E-state index contributed by atoms with van der Waals surface area (Å²) in [5, 5.41) is 8.59. The Bertz CT molecular complexity index is 2220. The predicted molar refractivity (Wildman–Crippen MR) is 161 cm³/mol. The molecular weight excluding hydrogens is 476 g/mol. The molecule has 2 heterocycles. The molecule has 0 spiro atoms. The van der Waals surface area contributed by atoms with Crippen LogP contribution in [0.1, 0.15) is 11.3 Å². The van der Waals surface area contributed by atoms with E-state index < -0.39 is 0 Å². The number of allylic oxidation sites excluding steroid dienone is 1. The zero-order chi connectivity index (χ0) is 25.5. The van der Waals surface area contributed by atoms with Crippen molar-refractivity contribution in [3.63, 3.8) is 0 Å². The second kappa shape index (κ2) is 7.72. The first-order valence-electron chi connectivity index (χ1n) is 13.4. The third-order valence-corrected chi connectivity index (χ3v) is 8.23. The lowest BCUT2D eigenvalue weighted by molar-refractivity contribution is 0.539. The van der Waals surface area contributed by atoms with Crippen LogP contribution in [0.3, 0.4) is 0 Å². The van der Waals surface area contributed by atoms with Gasteiger partial charge < -0.3 is 8.83 Å². The summed E-state index contributed by atoms with van der Waals surface area (Å²) in [7, 11) is 0. The molecule has 1 aliphatic rings. The van der Waals surface area contributed by atoms with Crippen LogP contribution >= 0.6 is 0 Å². The van der Waals surface area contributed by atoms with Crippen molar-refractivity contribution in [2.45, 2.75) is 6.42 Å². The molecule has 1 aliphatic carbocycles. The number of fused-ring (bicyclic) bond motifs is 2. The summed E-state index contributed by atoms with van der Waals surface area (Å²) in [4.78, 5) is 0. The summed E-state index contributed by atoms with van der Waals surface area (Å²) in [5.41, 5.74) is 6.63. The van der Waals surface area contributed by atoms with Crippen LogP contribution in [0, 0.1) is 0 Å². The maximum Gasteiger partial charge on any atom is 0.143 e. The minimum Gasteiger partial charge on any atom is -0.460 e. The number of para-hydroxylation sites is 1. The van der Waals surface area contributed by atoms with Crippen LogP contribution in [0.5, 0.6) is 0 Å². The molecule has 9 rings (SSSR count). The van der Waals surface area contributed by atoms with Gasteiger partial charge in [-0.25, -0.2) is 0 Å². The van der Waals surface area contributed by atoms with Gasteiger partial charge in [-0.3, -0.25) is 0 Å². The highest BCUT2D eigenvalue weighted by Gasteiger charge is 2.21. The Morgan fingerprint density at radius 1 is 0.564 bits per heavy atom. The minimum atomic E-state index is 0.872. The zero-order valence-corrected chi connectivity index (χ0v) is 21.1. The van der Waals surface area contributed by atoms with Gasteiger partial charge in [0.15, 0.2) is 0 Å². The predicted octanol–water partition coefficient (Wildman–Crippen LogP) is 10.5. The number of hydrogen-bond donors (Lipinski definition) is 0. The van der Waals surface area contributed by atoms with E-state index in [1.807, 2.05) is 6.07 Å². The number of furan rings is 2. The fraction of sp³-hybridized carbons (Fsp3) is 0.0270. The molecule has 182 valence electrons. The van der Waals surface area contributed by atoms with Gasteiger partial charge in [0.05, 0.1) is 0 Å². The van der Waals surface area contributed by atoms with Crippen molar-refractivity contribution in [3.05, 3.63) is 127 Å². The van der Waals surface area contributed by atoms with Gasteiger partial charge in [-0.2, -0.15) is 0 Å². The largest absolute Gasteiger partial charge is 0.460 e. The Kier molecular flexibility index (Phi) is 4.14. The number of hydrogen-bond acceptors (Lipinski definition) is 2. The molecule has 0 aliphatic heterocycles. The first kappa shape index (κ1) is 20.9. The molecule has 2 aromatic heterocycles. The fourth-order valence-corrected chi connectivity index (χ4v) is 6.47. The van der Waals surface area contributed by atoms with Gasteiger partial charge >= 0.3 is 0 Å². The standard InChI is InChI=1S/C37H22O2/c1-2-7-22(8-3-1)36-30-10-4-5-11-32(30)39-37(36)27-19-25-14-13-23-15-17-28(33-21-24-9-6-12-31(24)38-33)29-18-16-26(20-27)34(25)35(23)29/h1-11,13-21H,12H2. The van der Waals surface area contributed by atoms with Gasteiger partial charge in [0, 0.05) is 34.1 Å². The van der Waals surface area contributed by atoms with Crippen LogP contribution in [0.2, 0.25) is 0 Å². The summed E-state index contributed by atoms with van der Waals surface area (Å²) >= 11 is 0. The van der Waals surface area contributed by atoms with E-state index in [0.717, 1.165) is 56.9 Å². The normalized spacial score (nSPS) is 12.9. The van der Waals surface area contributed by atoms with E-state index >= 15 is 0 Å². The maximum atomic E-state index is 6.56. The SMILES string of the molecule is C1=Cc2cc(-c3ccc4ccc5cc(-c6oc7ccccc7c6-c6ccccc6)cc6ccc3c4c56)oc2C1. The van der Waals surface area contributed by atoms with Gasteiger partial charge in [-0.15, -0.1) is 0 Å². The smallest absolute Gasteiger partial charge is 0.143 e. The third kappa shape index (κ3) is 2.97. The summed E-state index contributed by atoms with van der Waals surface area (Å²) in [6, 6.07) is 39.0. The molecule has 8 aromatic rings. The van der Waals surface area contributed by atoms with Crippen LogP contribution < -0.4 is 0 Å². The molecule has 0 amide bonds. The Hall–Kier alpha value is -5.08. The van der Waals surface area contributed by atoms with E-state index in [4.69, 9.17) is 8.83 Å². The Morgan fingerprint density at radius 2 is 1.33 bits per heavy atom. The van der Waals surface area contributed by atoms with Crippen LogP contribution in [0.25, 0.3) is 83.1 Å². The monoisotopic (exact) mass is 498 g/mol. The van der Waals surface area contributed by atoms with E-state index in [1.54, 1.807) is 0 Å². The molecule has 2 heteroatoms. The molecule has 0 radical (unpaired) electrons. The van der Waals surface area contributed by atoms with Crippen molar-refractivity contribution in [1.82, 2.24) is 0 Å². The number of benzene rings is 6. The van der Waals surface area contributed by atoms with E-state index in [1.165, 1.54) is 37.9 Å². The van der Waals surface area contributed by atoms with Gasteiger partial charge in [0.2, 0.25) is 0 Å². The highest BCUT2D eigenvalue weighted by atomic mass is 16.3. The molecule has 0 atom stereocenters. The van der Waals surface area contributed by atoms with E-state index in [9.17, 15) is 0 Å². The van der Waals surface area contributed by atoms with Crippen molar-refractivity contribution in [2.24, 2.45) is 0 Å². The summed E-state index contributed by atoms with van der Waals surface area (Å²) < 4.78 is 12.8. The Morgan fingerprint density at radius 3 is 2.21 bits per heavy atom. The van der Waals surface area contributed by atoms with Crippen LogP contribution in [0.15, 0.2) is 124 Å².